The summed E-state index contributed by atoms with van der Waals surface area (Å²) < 4.78 is 17.7. The molecule has 0 aliphatic rings. The topological polar surface area (TPSA) is 55.4 Å². The van der Waals surface area contributed by atoms with Crippen LogP contribution in [0.4, 0.5) is 10.1 Å². The third kappa shape index (κ3) is 6.55. The van der Waals surface area contributed by atoms with Crippen molar-refractivity contribution in [3.8, 4) is 0 Å². The van der Waals surface area contributed by atoms with Crippen LogP contribution in [0.3, 0.4) is 0 Å². The average molecular weight is 267 g/mol. The molecule has 0 saturated carbocycles. The Morgan fingerprint density at radius 2 is 1.74 bits per heavy atom. The fourth-order valence-electron chi connectivity index (χ4n) is 1.36. The third-order valence-corrected chi connectivity index (χ3v) is 2.10. The highest BCUT2D eigenvalue weighted by Gasteiger charge is 2.17. The normalized spacial score (nSPS) is 10.9. The molecule has 0 saturated heterocycles. The Balaban J connectivity index is 2.36. The highest BCUT2D eigenvalue weighted by molar-refractivity contribution is 5.92. The molecule has 0 aliphatic heterocycles. The third-order valence-electron chi connectivity index (χ3n) is 2.10. The second kappa shape index (κ2) is 6.31. The molecular formula is C14H18FNO3. The highest BCUT2D eigenvalue weighted by atomic mass is 19.1. The summed E-state index contributed by atoms with van der Waals surface area (Å²) in [6, 6.07) is 5.42. The number of hydrogen-bond acceptors (Lipinski definition) is 3. The maximum absolute atomic E-state index is 12.7. The van der Waals surface area contributed by atoms with Crippen LogP contribution in [0.2, 0.25) is 0 Å². The number of esters is 1. The van der Waals surface area contributed by atoms with E-state index in [0.29, 0.717) is 5.69 Å². The molecule has 1 rings (SSSR count). The first-order valence-corrected chi connectivity index (χ1v) is 6.03. The Bertz CT molecular complexity index is 449. The molecular weight excluding hydrogens is 249 g/mol. The van der Waals surface area contributed by atoms with Crippen molar-refractivity contribution in [3.05, 3.63) is 30.1 Å². The van der Waals surface area contributed by atoms with Crippen molar-refractivity contribution in [1.29, 1.82) is 0 Å². The lowest BCUT2D eigenvalue weighted by atomic mass is 10.2. The quantitative estimate of drug-likeness (QED) is 0.853. The lowest BCUT2D eigenvalue weighted by Gasteiger charge is -2.19. The number of rotatable bonds is 4. The van der Waals surface area contributed by atoms with Crippen molar-refractivity contribution in [1.82, 2.24) is 0 Å². The van der Waals surface area contributed by atoms with Gasteiger partial charge in [0.05, 0.1) is 6.42 Å². The average Bonchev–Trinajstić information content (AvgIpc) is 2.27. The number of ether oxygens (including phenoxy) is 1. The second-order valence-corrected chi connectivity index (χ2v) is 5.14. The van der Waals surface area contributed by atoms with Gasteiger partial charge in [0.2, 0.25) is 5.91 Å². The van der Waals surface area contributed by atoms with Crippen LogP contribution in [-0.2, 0) is 14.3 Å². The fourth-order valence-corrected chi connectivity index (χ4v) is 1.36. The van der Waals surface area contributed by atoms with Gasteiger partial charge in [0.15, 0.2) is 0 Å². The van der Waals surface area contributed by atoms with Crippen LogP contribution in [0.15, 0.2) is 24.3 Å². The summed E-state index contributed by atoms with van der Waals surface area (Å²) in [6.45, 7) is 5.30. The molecule has 1 amide bonds. The second-order valence-electron chi connectivity index (χ2n) is 5.14. The molecule has 0 bridgehead atoms. The smallest absolute Gasteiger partial charge is 0.306 e. The molecule has 0 atom stereocenters. The molecule has 1 aromatic rings. The molecule has 0 radical (unpaired) electrons. The fraction of sp³-hybridized carbons (Fsp3) is 0.429. The molecule has 5 heteroatoms. The van der Waals surface area contributed by atoms with Crippen LogP contribution < -0.4 is 5.32 Å². The van der Waals surface area contributed by atoms with E-state index in [-0.39, 0.29) is 24.6 Å². The number of anilines is 1. The lowest BCUT2D eigenvalue weighted by Crippen LogP contribution is -2.24. The zero-order valence-electron chi connectivity index (χ0n) is 11.3. The van der Waals surface area contributed by atoms with E-state index in [1.165, 1.54) is 24.3 Å². The minimum absolute atomic E-state index is 0.0182. The molecule has 4 nitrogen and oxygen atoms in total. The van der Waals surface area contributed by atoms with Crippen molar-refractivity contribution in [3.63, 3.8) is 0 Å². The molecule has 0 unspecified atom stereocenters. The van der Waals surface area contributed by atoms with E-state index in [4.69, 9.17) is 4.74 Å². The summed E-state index contributed by atoms with van der Waals surface area (Å²) in [5, 5.41) is 2.57. The zero-order valence-corrected chi connectivity index (χ0v) is 11.3. The summed E-state index contributed by atoms with van der Waals surface area (Å²) in [7, 11) is 0. The first-order valence-electron chi connectivity index (χ1n) is 6.03. The number of amides is 1. The van der Waals surface area contributed by atoms with Gasteiger partial charge in [-0.05, 0) is 45.0 Å². The molecule has 0 heterocycles. The minimum Gasteiger partial charge on any atom is -0.460 e. The Labute approximate surface area is 112 Å². The van der Waals surface area contributed by atoms with Crippen LogP contribution in [0.1, 0.15) is 33.6 Å². The molecule has 0 fully saturated rings. The zero-order chi connectivity index (χ0) is 14.5. The van der Waals surface area contributed by atoms with Crippen molar-refractivity contribution < 1.29 is 18.7 Å². The first kappa shape index (κ1) is 15.1. The van der Waals surface area contributed by atoms with E-state index in [1.807, 2.05) is 0 Å². The molecule has 19 heavy (non-hydrogen) atoms. The van der Waals surface area contributed by atoms with Gasteiger partial charge in [-0.2, -0.15) is 0 Å². The Hall–Kier alpha value is -1.91. The van der Waals surface area contributed by atoms with E-state index >= 15 is 0 Å². The van der Waals surface area contributed by atoms with Crippen LogP contribution in [-0.4, -0.2) is 17.5 Å². The van der Waals surface area contributed by atoms with Crippen molar-refractivity contribution in [2.24, 2.45) is 0 Å². The molecule has 1 N–H and O–H groups in total. The van der Waals surface area contributed by atoms with Gasteiger partial charge >= 0.3 is 5.97 Å². The van der Waals surface area contributed by atoms with E-state index in [1.54, 1.807) is 20.8 Å². The van der Waals surface area contributed by atoms with Crippen LogP contribution in [0.25, 0.3) is 0 Å². The predicted molar refractivity (Wildman–Crippen MR) is 70.1 cm³/mol. The molecule has 0 aromatic heterocycles. The van der Waals surface area contributed by atoms with Crippen LogP contribution in [0, 0.1) is 5.82 Å². The van der Waals surface area contributed by atoms with Crippen molar-refractivity contribution in [2.75, 3.05) is 5.32 Å². The summed E-state index contributed by atoms with van der Waals surface area (Å²) >= 11 is 0. The van der Waals surface area contributed by atoms with E-state index in [0.717, 1.165) is 0 Å². The Kier molecular flexibility index (Phi) is 5.03. The number of benzene rings is 1. The van der Waals surface area contributed by atoms with Gasteiger partial charge in [-0.3, -0.25) is 9.59 Å². The van der Waals surface area contributed by atoms with E-state index in [2.05, 4.69) is 5.32 Å². The maximum atomic E-state index is 12.7. The number of carbonyl (C=O) groups is 2. The molecule has 104 valence electrons. The largest absolute Gasteiger partial charge is 0.460 e. The van der Waals surface area contributed by atoms with Crippen molar-refractivity contribution in [2.45, 2.75) is 39.2 Å². The van der Waals surface area contributed by atoms with Gasteiger partial charge in [0.25, 0.3) is 0 Å². The Morgan fingerprint density at radius 1 is 1.16 bits per heavy atom. The maximum Gasteiger partial charge on any atom is 0.306 e. The summed E-state index contributed by atoms with van der Waals surface area (Å²) in [5.74, 6) is -1.09. The molecule has 1 aromatic carbocycles. The number of halogens is 1. The van der Waals surface area contributed by atoms with Gasteiger partial charge in [-0.1, -0.05) is 0 Å². The standard InChI is InChI=1S/C14H18FNO3/c1-14(2,3)19-13(18)9-8-12(17)16-11-6-4-10(15)5-7-11/h4-7H,8-9H2,1-3H3,(H,16,17). The summed E-state index contributed by atoms with van der Waals surface area (Å²) in [6.07, 6.45) is 0.0522. The van der Waals surface area contributed by atoms with E-state index in [9.17, 15) is 14.0 Å². The van der Waals surface area contributed by atoms with Crippen LogP contribution >= 0.6 is 0 Å². The van der Waals surface area contributed by atoms with E-state index < -0.39 is 11.6 Å². The van der Waals surface area contributed by atoms with Gasteiger partial charge in [-0.15, -0.1) is 0 Å². The minimum atomic E-state index is -0.551. The number of carbonyl (C=O) groups excluding carboxylic acids is 2. The summed E-state index contributed by atoms with van der Waals surface area (Å²) in [4.78, 5) is 23.0. The van der Waals surface area contributed by atoms with Gasteiger partial charge in [-0.25, -0.2) is 4.39 Å². The first-order chi connectivity index (χ1) is 8.76. The molecule has 0 aliphatic carbocycles. The highest BCUT2D eigenvalue weighted by Crippen LogP contribution is 2.11. The lowest BCUT2D eigenvalue weighted by molar-refractivity contribution is -0.155. The number of nitrogens with one attached hydrogen (secondary N) is 1. The predicted octanol–water partition coefficient (Wildman–Crippen LogP) is 2.89. The van der Waals surface area contributed by atoms with Crippen molar-refractivity contribution >= 4 is 17.6 Å². The monoisotopic (exact) mass is 267 g/mol. The Morgan fingerprint density at radius 3 is 2.26 bits per heavy atom. The van der Waals surface area contributed by atoms with Gasteiger partial charge in [0.1, 0.15) is 11.4 Å². The van der Waals surface area contributed by atoms with Crippen LogP contribution in [0.5, 0.6) is 0 Å². The SMILES string of the molecule is CC(C)(C)OC(=O)CCC(=O)Nc1ccc(F)cc1. The van der Waals surface area contributed by atoms with Gasteiger partial charge in [0, 0.05) is 12.1 Å². The number of hydrogen-bond donors (Lipinski definition) is 1. The summed E-state index contributed by atoms with van der Waals surface area (Å²) in [5.41, 5.74) is -0.0552. The molecule has 0 spiro atoms. The van der Waals surface area contributed by atoms with Gasteiger partial charge < -0.3 is 10.1 Å².